The van der Waals surface area contributed by atoms with Crippen LogP contribution in [0.3, 0.4) is 0 Å². The number of amides is 1. The number of hydrogen-bond acceptors (Lipinski definition) is 3. The zero-order chi connectivity index (χ0) is 12.2. The van der Waals surface area contributed by atoms with E-state index in [0.717, 1.165) is 5.56 Å². The molecule has 0 fully saturated rings. The molecule has 1 atom stereocenters. The van der Waals surface area contributed by atoms with Crippen LogP contribution in [0.5, 0.6) is 0 Å². The first-order valence-electron chi connectivity index (χ1n) is 5.10. The Morgan fingerprint density at radius 3 is 2.81 bits per heavy atom. The van der Waals surface area contributed by atoms with Gasteiger partial charge in [0.15, 0.2) is 0 Å². The van der Waals surface area contributed by atoms with E-state index in [1.165, 1.54) is 0 Å². The molecule has 0 saturated carbocycles. The number of rotatable bonds is 5. The largest absolute Gasteiger partial charge is 0.391 e. The van der Waals surface area contributed by atoms with Gasteiger partial charge < -0.3 is 11.1 Å². The Bertz CT molecular complexity index is 375. The van der Waals surface area contributed by atoms with Gasteiger partial charge in [-0.1, -0.05) is 19.1 Å². The second-order valence-corrected chi connectivity index (χ2v) is 5.13. The maximum absolute atomic E-state index is 11.8. The van der Waals surface area contributed by atoms with Crippen LogP contribution in [0.1, 0.15) is 25.8 Å². The van der Waals surface area contributed by atoms with Crippen molar-refractivity contribution in [1.82, 2.24) is 5.32 Å². The third-order valence-corrected chi connectivity index (χ3v) is 3.79. The Kier molecular flexibility index (Phi) is 4.44. The molecule has 0 aliphatic heterocycles. The number of carbonyl (C=O) groups excluding carboxylic acids is 1. The molecule has 1 aromatic rings. The van der Waals surface area contributed by atoms with E-state index in [1.807, 2.05) is 30.7 Å². The Morgan fingerprint density at radius 1 is 1.69 bits per heavy atom. The zero-order valence-electron chi connectivity index (χ0n) is 9.45. The molecular weight excluding hydrogens is 240 g/mol. The van der Waals surface area contributed by atoms with Crippen molar-refractivity contribution in [3.63, 3.8) is 0 Å². The van der Waals surface area contributed by atoms with E-state index < -0.39 is 5.54 Å². The molecule has 88 valence electrons. The van der Waals surface area contributed by atoms with E-state index >= 15 is 0 Å². The van der Waals surface area contributed by atoms with E-state index in [4.69, 9.17) is 18.0 Å². The lowest BCUT2D eigenvalue weighted by Gasteiger charge is -2.28. The number of thiocarbonyl (C=S) groups is 1. The van der Waals surface area contributed by atoms with Gasteiger partial charge in [0, 0.05) is 0 Å². The number of hydrogen-bond donors (Lipinski definition) is 2. The highest BCUT2D eigenvalue weighted by molar-refractivity contribution is 7.80. The Balaban J connectivity index is 2.60. The van der Waals surface area contributed by atoms with Crippen molar-refractivity contribution in [2.45, 2.75) is 32.2 Å². The van der Waals surface area contributed by atoms with Gasteiger partial charge in [-0.15, -0.1) is 0 Å². The van der Waals surface area contributed by atoms with Crippen LogP contribution >= 0.6 is 23.6 Å². The van der Waals surface area contributed by atoms with Gasteiger partial charge in [-0.25, -0.2) is 0 Å². The maximum Gasteiger partial charge on any atom is 0.225 e. The first kappa shape index (κ1) is 13.1. The summed E-state index contributed by atoms with van der Waals surface area (Å²) < 4.78 is 0. The van der Waals surface area contributed by atoms with E-state index in [1.54, 1.807) is 11.3 Å². The topological polar surface area (TPSA) is 55.1 Å². The molecule has 1 rings (SSSR count). The fraction of sp³-hybridized carbons (Fsp3) is 0.455. The van der Waals surface area contributed by atoms with Crippen molar-refractivity contribution in [2.75, 3.05) is 0 Å². The SMILES string of the molecule is CCC(C)(NC(=O)Cc1ccsc1)C(N)=S. The van der Waals surface area contributed by atoms with Crippen LogP contribution in [0.25, 0.3) is 0 Å². The van der Waals surface area contributed by atoms with Crippen LogP contribution < -0.4 is 11.1 Å². The van der Waals surface area contributed by atoms with Gasteiger partial charge in [0.05, 0.1) is 16.9 Å². The van der Waals surface area contributed by atoms with E-state index in [9.17, 15) is 4.79 Å². The van der Waals surface area contributed by atoms with E-state index in [-0.39, 0.29) is 5.91 Å². The van der Waals surface area contributed by atoms with Gasteiger partial charge in [0.25, 0.3) is 0 Å². The monoisotopic (exact) mass is 256 g/mol. The zero-order valence-corrected chi connectivity index (χ0v) is 11.1. The van der Waals surface area contributed by atoms with Crippen LogP contribution in [0.2, 0.25) is 0 Å². The first-order valence-corrected chi connectivity index (χ1v) is 6.45. The third kappa shape index (κ3) is 3.28. The van der Waals surface area contributed by atoms with Crippen LogP contribution in [-0.4, -0.2) is 16.4 Å². The van der Waals surface area contributed by atoms with E-state index in [0.29, 0.717) is 17.8 Å². The molecule has 1 amide bonds. The Morgan fingerprint density at radius 2 is 2.38 bits per heavy atom. The second kappa shape index (κ2) is 5.41. The van der Waals surface area contributed by atoms with Crippen LogP contribution in [0.15, 0.2) is 16.8 Å². The molecule has 0 spiro atoms. The minimum atomic E-state index is -0.581. The molecule has 1 unspecified atom stereocenters. The van der Waals surface area contributed by atoms with Gasteiger partial charge >= 0.3 is 0 Å². The lowest BCUT2D eigenvalue weighted by atomic mass is 9.98. The Labute approximate surface area is 105 Å². The lowest BCUT2D eigenvalue weighted by molar-refractivity contribution is -0.121. The molecule has 3 nitrogen and oxygen atoms in total. The smallest absolute Gasteiger partial charge is 0.225 e. The average molecular weight is 256 g/mol. The van der Waals surface area contributed by atoms with Crippen LogP contribution in [0, 0.1) is 0 Å². The summed E-state index contributed by atoms with van der Waals surface area (Å²) in [5.41, 5.74) is 6.06. The molecule has 0 aliphatic rings. The standard InChI is InChI=1S/C11H16N2OS2/c1-3-11(2,10(12)15)13-9(14)6-8-4-5-16-7-8/h4-5,7H,3,6H2,1-2H3,(H2,12,15)(H,13,14). The highest BCUT2D eigenvalue weighted by atomic mass is 32.1. The van der Waals surface area contributed by atoms with Crippen LogP contribution in [-0.2, 0) is 11.2 Å². The van der Waals surface area contributed by atoms with Gasteiger partial charge in [0.2, 0.25) is 5.91 Å². The predicted molar refractivity (Wildman–Crippen MR) is 71.6 cm³/mol. The van der Waals surface area contributed by atoms with Crippen molar-refractivity contribution >= 4 is 34.5 Å². The van der Waals surface area contributed by atoms with Gasteiger partial charge in [-0.2, -0.15) is 11.3 Å². The molecule has 5 heteroatoms. The summed E-state index contributed by atoms with van der Waals surface area (Å²) in [6, 6.07) is 1.94. The molecule has 16 heavy (non-hydrogen) atoms. The summed E-state index contributed by atoms with van der Waals surface area (Å²) in [6.45, 7) is 3.80. The minimum absolute atomic E-state index is 0.0458. The van der Waals surface area contributed by atoms with Crippen molar-refractivity contribution < 1.29 is 4.79 Å². The predicted octanol–water partition coefficient (Wildman–Crippen LogP) is 1.86. The summed E-state index contributed by atoms with van der Waals surface area (Å²) in [4.78, 5) is 12.1. The van der Waals surface area contributed by atoms with Crippen molar-refractivity contribution in [2.24, 2.45) is 5.73 Å². The number of carbonyl (C=O) groups is 1. The summed E-state index contributed by atoms with van der Waals surface area (Å²) in [5.74, 6) is -0.0458. The van der Waals surface area contributed by atoms with Gasteiger partial charge in [-0.3, -0.25) is 4.79 Å². The van der Waals surface area contributed by atoms with E-state index in [2.05, 4.69) is 5.32 Å². The highest BCUT2D eigenvalue weighted by Gasteiger charge is 2.27. The Hall–Kier alpha value is -0.940. The van der Waals surface area contributed by atoms with Crippen molar-refractivity contribution in [3.8, 4) is 0 Å². The minimum Gasteiger partial charge on any atom is -0.391 e. The fourth-order valence-electron chi connectivity index (χ4n) is 1.25. The second-order valence-electron chi connectivity index (χ2n) is 3.91. The summed E-state index contributed by atoms with van der Waals surface area (Å²) in [5, 5.41) is 6.80. The van der Waals surface area contributed by atoms with Gasteiger partial charge in [-0.05, 0) is 35.7 Å². The van der Waals surface area contributed by atoms with Gasteiger partial charge in [0.1, 0.15) is 0 Å². The first-order chi connectivity index (χ1) is 7.48. The highest BCUT2D eigenvalue weighted by Crippen LogP contribution is 2.11. The maximum atomic E-state index is 11.8. The summed E-state index contributed by atoms with van der Waals surface area (Å²) >= 11 is 6.54. The third-order valence-electron chi connectivity index (χ3n) is 2.61. The number of thiophene rings is 1. The number of nitrogens with two attached hydrogens (primary N) is 1. The molecule has 0 aromatic carbocycles. The lowest BCUT2D eigenvalue weighted by Crippen LogP contribution is -2.54. The molecule has 0 bridgehead atoms. The molecule has 1 heterocycles. The average Bonchev–Trinajstić information content (AvgIpc) is 2.69. The molecule has 0 radical (unpaired) electrons. The molecule has 3 N–H and O–H groups in total. The number of nitrogens with one attached hydrogen (secondary N) is 1. The van der Waals surface area contributed by atoms with Crippen molar-refractivity contribution in [1.29, 1.82) is 0 Å². The summed E-state index contributed by atoms with van der Waals surface area (Å²) in [6.07, 6.45) is 1.07. The molecule has 0 aliphatic carbocycles. The molecule has 0 saturated heterocycles. The molecular formula is C11H16N2OS2. The normalized spacial score (nSPS) is 14.1. The van der Waals surface area contributed by atoms with Crippen molar-refractivity contribution in [3.05, 3.63) is 22.4 Å². The van der Waals surface area contributed by atoms with Crippen LogP contribution in [0.4, 0.5) is 0 Å². The fourth-order valence-corrected chi connectivity index (χ4v) is 2.12. The quantitative estimate of drug-likeness (QED) is 0.791. The molecule has 1 aromatic heterocycles. The summed E-state index contributed by atoms with van der Waals surface area (Å²) in [7, 11) is 0.